The molecule has 0 fully saturated rings. The Labute approximate surface area is 104 Å². The predicted molar refractivity (Wildman–Crippen MR) is 65.3 cm³/mol. The van der Waals surface area contributed by atoms with Gasteiger partial charge in [-0.3, -0.25) is 4.79 Å². The van der Waals surface area contributed by atoms with Gasteiger partial charge in [-0.25, -0.2) is 4.68 Å². The lowest BCUT2D eigenvalue weighted by atomic mass is 10.2. The molecular formula is C12H12ClN3O. The maximum absolute atomic E-state index is 11.2. The van der Waals surface area contributed by atoms with Crippen molar-refractivity contribution in [1.29, 1.82) is 0 Å². The van der Waals surface area contributed by atoms with Crippen molar-refractivity contribution in [3.63, 3.8) is 0 Å². The van der Waals surface area contributed by atoms with E-state index in [0.717, 1.165) is 11.3 Å². The summed E-state index contributed by atoms with van der Waals surface area (Å²) in [5, 5.41) is 8.52. The molecule has 1 aromatic heterocycles. The van der Waals surface area contributed by atoms with E-state index in [1.54, 1.807) is 4.68 Å². The summed E-state index contributed by atoms with van der Waals surface area (Å²) in [6, 6.07) is 7.53. The SMILES string of the molecule is CC(=O)c1nnn(Cc2cccc(Cl)c2)c1C. The third-order valence-corrected chi connectivity index (χ3v) is 2.77. The molecule has 0 saturated heterocycles. The second-order valence-corrected chi connectivity index (χ2v) is 4.30. The van der Waals surface area contributed by atoms with Gasteiger partial charge in [0.05, 0.1) is 12.2 Å². The van der Waals surface area contributed by atoms with Gasteiger partial charge >= 0.3 is 0 Å². The van der Waals surface area contributed by atoms with Crippen LogP contribution in [0.3, 0.4) is 0 Å². The first-order valence-electron chi connectivity index (χ1n) is 5.23. The number of nitrogens with zero attached hydrogens (tertiary/aromatic N) is 3. The zero-order valence-electron chi connectivity index (χ0n) is 9.64. The summed E-state index contributed by atoms with van der Waals surface area (Å²) in [4.78, 5) is 11.2. The van der Waals surface area contributed by atoms with Crippen LogP contribution in [0.2, 0.25) is 5.02 Å². The Hall–Kier alpha value is -1.68. The second-order valence-electron chi connectivity index (χ2n) is 3.87. The molecule has 0 atom stereocenters. The minimum absolute atomic E-state index is 0.0696. The molecule has 0 N–H and O–H groups in total. The lowest BCUT2D eigenvalue weighted by Gasteiger charge is -2.03. The van der Waals surface area contributed by atoms with Crippen molar-refractivity contribution in [3.8, 4) is 0 Å². The van der Waals surface area contributed by atoms with Gasteiger partial charge in [-0.05, 0) is 24.6 Å². The number of halogens is 1. The Morgan fingerprint density at radius 2 is 2.24 bits per heavy atom. The number of carbonyl (C=O) groups excluding carboxylic acids is 1. The summed E-state index contributed by atoms with van der Waals surface area (Å²) in [6.45, 7) is 3.88. The van der Waals surface area contributed by atoms with Crippen molar-refractivity contribution < 1.29 is 4.79 Å². The predicted octanol–water partition coefficient (Wildman–Crippen LogP) is 2.49. The number of hydrogen-bond donors (Lipinski definition) is 0. The number of Topliss-reactive ketones (excluding diaryl/α,β-unsaturated/α-hetero) is 1. The van der Waals surface area contributed by atoms with Crippen molar-refractivity contribution in [2.24, 2.45) is 0 Å². The Balaban J connectivity index is 2.28. The molecule has 0 unspecified atom stereocenters. The van der Waals surface area contributed by atoms with Crippen LogP contribution in [0.25, 0.3) is 0 Å². The number of aromatic nitrogens is 3. The van der Waals surface area contributed by atoms with Crippen molar-refractivity contribution in [2.75, 3.05) is 0 Å². The van der Waals surface area contributed by atoms with Gasteiger partial charge in [-0.1, -0.05) is 28.9 Å². The molecule has 0 amide bonds. The molecule has 2 rings (SSSR count). The van der Waals surface area contributed by atoms with E-state index in [1.807, 2.05) is 31.2 Å². The average molecular weight is 250 g/mol. The minimum Gasteiger partial charge on any atom is -0.293 e. The highest BCUT2D eigenvalue weighted by Crippen LogP contribution is 2.13. The van der Waals surface area contributed by atoms with Crippen molar-refractivity contribution >= 4 is 17.4 Å². The smallest absolute Gasteiger partial charge is 0.181 e. The number of hydrogen-bond acceptors (Lipinski definition) is 3. The van der Waals surface area contributed by atoms with E-state index in [4.69, 9.17) is 11.6 Å². The molecule has 1 aromatic carbocycles. The van der Waals surface area contributed by atoms with E-state index in [-0.39, 0.29) is 5.78 Å². The summed E-state index contributed by atoms with van der Waals surface area (Å²) in [7, 11) is 0. The highest BCUT2D eigenvalue weighted by atomic mass is 35.5. The molecule has 5 heteroatoms. The quantitative estimate of drug-likeness (QED) is 0.786. The average Bonchev–Trinajstić information content (AvgIpc) is 2.61. The molecule has 0 aliphatic carbocycles. The highest BCUT2D eigenvalue weighted by molar-refractivity contribution is 6.30. The fourth-order valence-electron chi connectivity index (χ4n) is 1.64. The monoisotopic (exact) mass is 249 g/mol. The first-order valence-corrected chi connectivity index (χ1v) is 5.61. The van der Waals surface area contributed by atoms with Crippen LogP contribution in [-0.2, 0) is 6.54 Å². The molecule has 0 saturated carbocycles. The second kappa shape index (κ2) is 4.67. The molecule has 2 aromatic rings. The molecule has 17 heavy (non-hydrogen) atoms. The normalized spacial score (nSPS) is 10.5. The zero-order valence-corrected chi connectivity index (χ0v) is 10.4. The van der Waals surface area contributed by atoms with Gasteiger partial charge in [0.2, 0.25) is 0 Å². The van der Waals surface area contributed by atoms with E-state index in [2.05, 4.69) is 10.3 Å². The minimum atomic E-state index is -0.0696. The standard InChI is InChI=1S/C12H12ClN3O/c1-8-12(9(2)17)14-15-16(8)7-10-4-3-5-11(13)6-10/h3-6H,7H2,1-2H3. The molecule has 0 aliphatic heterocycles. The maximum atomic E-state index is 11.2. The van der Waals surface area contributed by atoms with Crippen LogP contribution in [0.15, 0.2) is 24.3 Å². The molecule has 0 radical (unpaired) electrons. The fraction of sp³-hybridized carbons (Fsp3) is 0.250. The lowest BCUT2D eigenvalue weighted by molar-refractivity contribution is 0.101. The third-order valence-electron chi connectivity index (χ3n) is 2.54. The van der Waals surface area contributed by atoms with E-state index < -0.39 is 0 Å². The van der Waals surface area contributed by atoms with Crippen LogP contribution in [0.5, 0.6) is 0 Å². The lowest BCUT2D eigenvalue weighted by Crippen LogP contribution is -2.05. The molecule has 88 valence electrons. The van der Waals surface area contributed by atoms with Crippen LogP contribution in [0.4, 0.5) is 0 Å². The van der Waals surface area contributed by atoms with Gasteiger partial charge in [0.25, 0.3) is 0 Å². The largest absolute Gasteiger partial charge is 0.293 e. The zero-order chi connectivity index (χ0) is 12.4. The van der Waals surface area contributed by atoms with Gasteiger partial charge in [0.1, 0.15) is 0 Å². The summed E-state index contributed by atoms with van der Waals surface area (Å²) in [6.07, 6.45) is 0. The fourth-order valence-corrected chi connectivity index (χ4v) is 1.86. The van der Waals surface area contributed by atoms with Crippen molar-refractivity contribution in [2.45, 2.75) is 20.4 Å². The van der Waals surface area contributed by atoms with Crippen molar-refractivity contribution in [3.05, 3.63) is 46.2 Å². The molecular weight excluding hydrogens is 238 g/mol. The van der Waals surface area contributed by atoms with Gasteiger partial charge < -0.3 is 0 Å². The topological polar surface area (TPSA) is 47.8 Å². The van der Waals surface area contributed by atoms with E-state index >= 15 is 0 Å². The number of rotatable bonds is 3. The Kier molecular flexibility index (Phi) is 3.24. The van der Waals surface area contributed by atoms with Crippen LogP contribution in [-0.4, -0.2) is 20.8 Å². The maximum Gasteiger partial charge on any atom is 0.181 e. The molecule has 4 nitrogen and oxygen atoms in total. The molecule has 0 aliphatic rings. The summed E-state index contributed by atoms with van der Waals surface area (Å²) >= 11 is 5.91. The van der Waals surface area contributed by atoms with Crippen LogP contribution in [0, 0.1) is 6.92 Å². The Bertz CT molecular complexity index is 563. The molecule has 0 spiro atoms. The van der Waals surface area contributed by atoms with Gasteiger partial charge in [-0.2, -0.15) is 0 Å². The van der Waals surface area contributed by atoms with Gasteiger partial charge in [-0.15, -0.1) is 5.10 Å². The third kappa shape index (κ3) is 2.53. The summed E-state index contributed by atoms with van der Waals surface area (Å²) in [5.41, 5.74) is 2.23. The number of carbonyl (C=O) groups is 1. The first kappa shape index (κ1) is 11.8. The van der Waals surface area contributed by atoms with Gasteiger partial charge in [0, 0.05) is 11.9 Å². The summed E-state index contributed by atoms with van der Waals surface area (Å²) in [5.74, 6) is -0.0696. The summed E-state index contributed by atoms with van der Waals surface area (Å²) < 4.78 is 1.70. The van der Waals surface area contributed by atoms with E-state index in [0.29, 0.717) is 17.3 Å². The molecule has 1 heterocycles. The van der Waals surface area contributed by atoms with Crippen LogP contribution in [0.1, 0.15) is 28.7 Å². The Morgan fingerprint density at radius 1 is 1.47 bits per heavy atom. The van der Waals surface area contributed by atoms with Gasteiger partial charge in [0.15, 0.2) is 11.5 Å². The first-order chi connectivity index (χ1) is 8.08. The van der Waals surface area contributed by atoms with E-state index in [9.17, 15) is 4.79 Å². The molecule has 0 bridgehead atoms. The van der Waals surface area contributed by atoms with E-state index in [1.165, 1.54) is 6.92 Å². The highest BCUT2D eigenvalue weighted by Gasteiger charge is 2.12. The number of benzene rings is 1. The van der Waals surface area contributed by atoms with Crippen LogP contribution >= 0.6 is 11.6 Å². The van der Waals surface area contributed by atoms with Crippen LogP contribution < -0.4 is 0 Å². The Morgan fingerprint density at radius 3 is 2.82 bits per heavy atom. The van der Waals surface area contributed by atoms with Crippen molar-refractivity contribution in [1.82, 2.24) is 15.0 Å². The number of ketones is 1.